The number of hydrogen-bond acceptors (Lipinski definition) is 1. The predicted octanol–water partition coefficient (Wildman–Crippen LogP) is 0.0404. The molecule has 0 amide bonds. The molecule has 0 bridgehead atoms. The maximum absolute atomic E-state index is 3.26. The number of amidine groups is 1. The van der Waals surface area contributed by atoms with Crippen molar-refractivity contribution in [3.05, 3.63) is 0 Å². The number of hydrogen-bond donors (Lipinski definition) is 1. The molecule has 2 heteroatoms. The van der Waals surface area contributed by atoms with Crippen LogP contribution in [0.3, 0.4) is 0 Å². The van der Waals surface area contributed by atoms with Crippen LogP contribution in [0.4, 0.5) is 0 Å². The highest BCUT2D eigenvalue weighted by Gasteiger charge is 2.12. The first-order valence-corrected chi connectivity index (χ1v) is 3.17. The largest absolute Gasteiger partial charge is 0.275 e. The lowest BCUT2D eigenvalue weighted by atomic mass is 10.6. The second-order valence-corrected chi connectivity index (χ2v) is 2.09. The summed E-state index contributed by atoms with van der Waals surface area (Å²) >= 11 is 0. The van der Waals surface area contributed by atoms with Crippen LogP contribution in [-0.2, 0) is 0 Å². The Labute approximate surface area is 50.2 Å². The van der Waals surface area contributed by atoms with Crippen LogP contribution in [0.5, 0.6) is 0 Å². The molecule has 0 aliphatic carbocycles. The summed E-state index contributed by atoms with van der Waals surface area (Å²) in [4.78, 5) is 0. The molecule has 0 radical (unpaired) electrons. The molecule has 0 saturated carbocycles. The van der Waals surface area contributed by atoms with E-state index in [1.54, 1.807) is 0 Å². The maximum atomic E-state index is 3.26. The normalized spacial score (nSPS) is 19.2. The molecule has 1 rings (SSSR count). The summed E-state index contributed by atoms with van der Waals surface area (Å²) in [5, 5.41) is 3.26. The van der Waals surface area contributed by atoms with Gasteiger partial charge in [0.25, 0.3) is 0 Å². The highest BCUT2D eigenvalue weighted by molar-refractivity contribution is 5.75. The van der Waals surface area contributed by atoms with Crippen molar-refractivity contribution in [2.75, 3.05) is 19.6 Å². The van der Waals surface area contributed by atoms with Crippen molar-refractivity contribution in [3.63, 3.8) is 0 Å². The lowest BCUT2D eigenvalue weighted by Crippen LogP contribution is -2.18. The Kier molecular flexibility index (Phi) is 1.51. The van der Waals surface area contributed by atoms with Crippen molar-refractivity contribution in [1.82, 2.24) is 5.32 Å². The molecule has 0 aromatic heterocycles. The molecular formula is C6H13N2+. The molecule has 1 N–H and O–H groups in total. The molecule has 2 nitrogen and oxygen atoms in total. The van der Waals surface area contributed by atoms with Crippen LogP contribution < -0.4 is 5.32 Å². The van der Waals surface area contributed by atoms with Crippen molar-refractivity contribution < 1.29 is 4.58 Å². The standard InChI is InChI=1S/C6H12N2/c1-3-8-5-4-7-6(8)2/h3-5H2,1-2H3/p+1. The van der Waals surface area contributed by atoms with Gasteiger partial charge in [-0.3, -0.25) is 9.89 Å². The first-order chi connectivity index (χ1) is 3.84. The van der Waals surface area contributed by atoms with E-state index < -0.39 is 0 Å². The van der Waals surface area contributed by atoms with E-state index in [-0.39, 0.29) is 0 Å². The molecule has 0 aromatic carbocycles. The molecule has 0 aromatic rings. The fourth-order valence-electron chi connectivity index (χ4n) is 1.05. The summed E-state index contributed by atoms with van der Waals surface area (Å²) in [6.07, 6.45) is 0. The molecule has 1 aliphatic heterocycles. The van der Waals surface area contributed by atoms with Crippen LogP contribution in [0.2, 0.25) is 0 Å². The van der Waals surface area contributed by atoms with Gasteiger partial charge in [-0.25, -0.2) is 0 Å². The van der Waals surface area contributed by atoms with E-state index in [0.29, 0.717) is 0 Å². The van der Waals surface area contributed by atoms with Gasteiger partial charge in [0, 0.05) is 6.92 Å². The van der Waals surface area contributed by atoms with E-state index in [4.69, 9.17) is 0 Å². The molecule has 0 atom stereocenters. The Morgan fingerprint density at radius 1 is 1.75 bits per heavy atom. The van der Waals surface area contributed by atoms with Gasteiger partial charge in [-0.2, -0.15) is 0 Å². The highest BCUT2D eigenvalue weighted by atomic mass is 15.2. The minimum atomic E-state index is 1.12. The Bertz CT molecular complexity index is 116. The second kappa shape index (κ2) is 2.16. The number of nitrogens with zero attached hydrogens (tertiary/aromatic N) is 1. The molecule has 0 saturated heterocycles. The SMILES string of the molecule is CC[N+]1=C(C)NCC1. The third-order valence-corrected chi connectivity index (χ3v) is 1.62. The first-order valence-electron chi connectivity index (χ1n) is 3.17. The number of rotatable bonds is 1. The van der Waals surface area contributed by atoms with Crippen LogP contribution in [0.1, 0.15) is 13.8 Å². The molecule has 1 heterocycles. The zero-order valence-electron chi connectivity index (χ0n) is 5.57. The summed E-state index contributed by atoms with van der Waals surface area (Å²) in [7, 11) is 0. The zero-order chi connectivity index (χ0) is 5.98. The van der Waals surface area contributed by atoms with Gasteiger partial charge in [0.15, 0.2) is 0 Å². The van der Waals surface area contributed by atoms with E-state index in [1.165, 1.54) is 12.4 Å². The van der Waals surface area contributed by atoms with Gasteiger partial charge >= 0.3 is 0 Å². The third-order valence-electron chi connectivity index (χ3n) is 1.62. The van der Waals surface area contributed by atoms with Gasteiger partial charge in [-0.1, -0.05) is 0 Å². The van der Waals surface area contributed by atoms with Gasteiger partial charge in [0.05, 0.1) is 6.54 Å². The van der Waals surface area contributed by atoms with Gasteiger partial charge in [0.2, 0.25) is 5.84 Å². The fraction of sp³-hybridized carbons (Fsp3) is 0.833. The Morgan fingerprint density at radius 2 is 2.50 bits per heavy atom. The topological polar surface area (TPSA) is 15.0 Å². The summed E-state index contributed by atoms with van der Waals surface area (Å²) in [6.45, 7) is 7.74. The average Bonchev–Trinajstić information content (AvgIpc) is 2.14. The molecule has 0 spiro atoms. The van der Waals surface area contributed by atoms with E-state index in [9.17, 15) is 0 Å². The molecule has 46 valence electrons. The van der Waals surface area contributed by atoms with Crippen LogP contribution in [-0.4, -0.2) is 30.0 Å². The van der Waals surface area contributed by atoms with Crippen LogP contribution in [0, 0.1) is 0 Å². The monoisotopic (exact) mass is 113 g/mol. The minimum absolute atomic E-state index is 1.12. The first kappa shape index (κ1) is 5.60. The fourth-order valence-corrected chi connectivity index (χ4v) is 1.05. The van der Waals surface area contributed by atoms with Gasteiger partial charge in [-0.15, -0.1) is 0 Å². The van der Waals surface area contributed by atoms with Gasteiger partial charge in [-0.05, 0) is 6.92 Å². The van der Waals surface area contributed by atoms with Crippen molar-refractivity contribution in [2.24, 2.45) is 0 Å². The lowest BCUT2D eigenvalue weighted by Gasteiger charge is -1.92. The van der Waals surface area contributed by atoms with Gasteiger partial charge in [0.1, 0.15) is 13.1 Å². The average molecular weight is 113 g/mol. The zero-order valence-corrected chi connectivity index (χ0v) is 5.57. The smallest absolute Gasteiger partial charge is 0.241 e. The van der Waals surface area contributed by atoms with Crippen LogP contribution in [0.15, 0.2) is 0 Å². The van der Waals surface area contributed by atoms with E-state index in [0.717, 1.165) is 13.1 Å². The second-order valence-electron chi connectivity index (χ2n) is 2.09. The van der Waals surface area contributed by atoms with Crippen molar-refractivity contribution in [3.8, 4) is 0 Å². The summed E-state index contributed by atoms with van der Waals surface area (Å²) in [5.74, 6) is 1.33. The molecule has 0 unspecified atom stereocenters. The van der Waals surface area contributed by atoms with E-state index >= 15 is 0 Å². The Balaban J connectivity index is 2.58. The maximum Gasteiger partial charge on any atom is 0.241 e. The van der Waals surface area contributed by atoms with Gasteiger partial charge < -0.3 is 0 Å². The summed E-state index contributed by atoms with van der Waals surface area (Å²) in [5.41, 5.74) is 0. The minimum Gasteiger partial charge on any atom is -0.275 e. The number of nitrogens with one attached hydrogen (secondary N) is 1. The predicted molar refractivity (Wildman–Crippen MR) is 34.4 cm³/mol. The summed E-state index contributed by atoms with van der Waals surface area (Å²) in [6, 6.07) is 0. The summed E-state index contributed by atoms with van der Waals surface area (Å²) < 4.78 is 2.33. The molecule has 8 heavy (non-hydrogen) atoms. The van der Waals surface area contributed by atoms with Crippen molar-refractivity contribution in [2.45, 2.75) is 13.8 Å². The quantitative estimate of drug-likeness (QED) is 0.474. The lowest BCUT2D eigenvalue weighted by molar-refractivity contribution is -0.514. The van der Waals surface area contributed by atoms with Crippen molar-refractivity contribution in [1.29, 1.82) is 0 Å². The molecule has 1 aliphatic rings. The number of likely N-dealkylation sites (N-methyl/N-ethyl adjacent to an activating group) is 1. The van der Waals surface area contributed by atoms with Crippen molar-refractivity contribution >= 4 is 5.84 Å². The van der Waals surface area contributed by atoms with Crippen LogP contribution in [0.25, 0.3) is 0 Å². The third kappa shape index (κ3) is 0.831. The van der Waals surface area contributed by atoms with Crippen LogP contribution >= 0.6 is 0 Å². The molecule has 0 fully saturated rings. The molecular weight excluding hydrogens is 100 g/mol. The Morgan fingerprint density at radius 3 is 2.75 bits per heavy atom. The van der Waals surface area contributed by atoms with E-state index in [1.807, 2.05) is 0 Å². The Hall–Kier alpha value is -0.530. The van der Waals surface area contributed by atoms with E-state index in [2.05, 4.69) is 23.7 Å². The highest BCUT2D eigenvalue weighted by Crippen LogP contribution is 1.84.